The second kappa shape index (κ2) is 6.49. The molecule has 0 aliphatic carbocycles. The summed E-state index contributed by atoms with van der Waals surface area (Å²) in [7, 11) is 0. The summed E-state index contributed by atoms with van der Waals surface area (Å²) in [6.45, 7) is 0. The number of fused-ring (bicyclic) bond motifs is 1. The van der Waals surface area contributed by atoms with Crippen LogP contribution in [-0.4, -0.2) is 9.97 Å². The third-order valence-electron chi connectivity index (χ3n) is 4.10. The van der Waals surface area contributed by atoms with E-state index in [0.29, 0.717) is 0 Å². The summed E-state index contributed by atoms with van der Waals surface area (Å²) in [4.78, 5) is 17.3. The monoisotopic (exact) mass is 349 g/mol. The lowest BCUT2D eigenvalue weighted by Gasteiger charge is -2.13. The average molecular weight is 350 g/mol. The van der Waals surface area contributed by atoms with E-state index in [4.69, 9.17) is 11.6 Å². The van der Waals surface area contributed by atoms with Crippen molar-refractivity contribution in [2.75, 3.05) is 5.32 Å². The largest absolute Gasteiger partial charge is 0.355 e. The lowest BCUT2D eigenvalue weighted by molar-refractivity contribution is 1.19. The summed E-state index contributed by atoms with van der Waals surface area (Å²) in [5.74, 6) is 0. The fourth-order valence-corrected chi connectivity index (χ4v) is 3.01. The Morgan fingerprint density at radius 1 is 0.880 bits per heavy atom. The first-order valence-corrected chi connectivity index (χ1v) is 8.36. The zero-order valence-corrected chi connectivity index (χ0v) is 14.1. The molecule has 0 bridgehead atoms. The average Bonchev–Trinajstić information content (AvgIpc) is 2.97. The Balaban J connectivity index is 1.77. The van der Waals surface area contributed by atoms with Crippen molar-refractivity contribution in [3.63, 3.8) is 0 Å². The molecule has 0 aliphatic rings. The molecule has 124 valence electrons. The van der Waals surface area contributed by atoms with Crippen LogP contribution in [0.25, 0.3) is 11.0 Å². The van der Waals surface area contributed by atoms with Gasteiger partial charge in [-0.3, -0.25) is 0 Å². The van der Waals surface area contributed by atoms with E-state index in [-0.39, 0.29) is 5.69 Å². The van der Waals surface area contributed by atoms with Crippen molar-refractivity contribution in [1.82, 2.24) is 9.97 Å². The van der Waals surface area contributed by atoms with Crippen molar-refractivity contribution in [3.05, 3.63) is 93.4 Å². The normalized spacial score (nSPS) is 10.9. The van der Waals surface area contributed by atoms with Crippen LogP contribution in [0, 0.1) is 0 Å². The van der Waals surface area contributed by atoms with Gasteiger partial charge < -0.3 is 15.3 Å². The van der Waals surface area contributed by atoms with E-state index in [1.165, 1.54) is 0 Å². The molecule has 3 N–H and O–H groups in total. The van der Waals surface area contributed by atoms with E-state index in [2.05, 4.69) is 15.3 Å². The summed E-state index contributed by atoms with van der Waals surface area (Å²) >= 11 is 5.98. The molecule has 0 aliphatic heterocycles. The molecule has 0 unspecified atom stereocenters. The molecule has 0 saturated carbocycles. The van der Waals surface area contributed by atoms with Crippen LogP contribution in [0.15, 0.2) is 71.5 Å². The lowest BCUT2D eigenvalue weighted by atomic mass is 10.0. The predicted molar refractivity (Wildman–Crippen MR) is 103 cm³/mol. The predicted octanol–water partition coefficient (Wildman–Crippen LogP) is 4.84. The molecule has 0 atom stereocenters. The molecule has 0 saturated heterocycles. The van der Waals surface area contributed by atoms with E-state index < -0.39 is 0 Å². The van der Waals surface area contributed by atoms with Crippen molar-refractivity contribution in [3.8, 4) is 0 Å². The standard InChI is InChI=1S/C20H16ClN3O/c21-15-8-6-13(7-9-15)10-14-11-18-19(24-20(25)23-18)12-17(14)22-16-4-2-1-3-5-16/h1-9,11-12,22H,10H2,(H2,23,24,25). The maximum absolute atomic E-state index is 11.6. The quantitative estimate of drug-likeness (QED) is 0.493. The number of nitrogens with one attached hydrogen (secondary N) is 3. The smallest absolute Gasteiger partial charge is 0.323 e. The van der Waals surface area contributed by atoms with Crippen LogP contribution in [0.1, 0.15) is 11.1 Å². The molecule has 3 aromatic carbocycles. The molecule has 0 amide bonds. The Bertz CT molecular complexity index is 1070. The van der Waals surface area contributed by atoms with Crippen molar-refractivity contribution >= 4 is 34.0 Å². The van der Waals surface area contributed by atoms with Crippen molar-refractivity contribution in [1.29, 1.82) is 0 Å². The molecule has 1 heterocycles. The van der Waals surface area contributed by atoms with Crippen LogP contribution in [-0.2, 0) is 6.42 Å². The summed E-state index contributed by atoms with van der Waals surface area (Å²) in [5.41, 5.74) is 5.58. The Labute approximate surface area is 149 Å². The SMILES string of the molecule is O=c1[nH]c2cc(Cc3ccc(Cl)cc3)c(Nc3ccccc3)cc2[nH]1. The highest BCUT2D eigenvalue weighted by Gasteiger charge is 2.09. The van der Waals surface area contributed by atoms with E-state index in [9.17, 15) is 4.79 Å². The Morgan fingerprint density at radius 2 is 1.56 bits per heavy atom. The second-order valence-corrected chi connectivity index (χ2v) is 6.36. The second-order valence-electron chi connectivity index (χ2n) is 5.93. The fourth-order valence-electron chi connectivity index (χ4n) is 2.89. The Kier molecular flexibility index (Phi) is 4.04. The summed E-state index contributed by atoms with van der Waals surface area (Å²) in [6, 6.07) is 21.7. The molecular weight excluding hydrogens is 334 g/mol. The van der Waals surface area contributed by atoms with E-state index in [1.54, 1.807) is 0 Å². The number of benzene rings is 3. The van der Waals surface area contributed by atoms with Crippen LogP contribution in [0.2, 0.25) is 5.02 Å². The molecule has 4 nitrogen and oxygen atoms in total. The zero-order chi connectivity index (χ0) is 17.2. The van der Waals surface area contributed by atoms with Gasteiger partial charge in [-0.1, -0.05) is 41.9 Å². The molecule has 0 spiro atoms. The van der Waals surface area contributed by atoms with Gasteiger partial charge in [-0.2, -0.15) is 0 Å². The first-order valence-electron chi connectivity index (χ1n) is 7.99. The van der Waals surface area contributed by atoms with Crippen molar-refractivity contribution < 1.29 is 0 Å². The van der Waals surface area contributed by atoms with E-state index in [0.717, 1.165) is 45.0 Å². The number of anilines is 2. The third kappa shape index (κ3) is 3.44. The first kappa shape index (κ1) is 15.5. The van der Waals surface area contributed by atoms with Gasteiger partial charge in [0.25, 0.3) is 0 Å². The van der Waals surface area contributed by atoms with Crippen LogP contribution < -0.4 is 11.0 Å². The summed E-state index contributed by atoms with van der Waals surface area (Å²) in [5, 5.41) is 4.16. The maximum atomic E-state index is 11.6. The summed E-state index contributed by atoms with van der Waals surface area (Å²) < 4.78 is 0. The molecule has 4 rings (SSSR count). The van der Waals surface area contributed by atoms with Gasteiger partial charge in [0, 0.05) is 16.4 Å². The van der Waals surface area contributed by atoms with E-state index >= 15 is 0 Å². The van der Waals surface area contributed by atoms with Gasteiger partial charge in [-0.05, 0) is 53.9 Å². The molecule has 0 fully saturated rings. The van der Waals surface area contributed by atoms with Crippen LogP contribution in [0.3, 0.4) is 0 Å². The minimum atomic E-state index is -0.204. The molecule has 4 aromatic rings. The fraction of sp³-hybridized carbons (Fsp3) is 0.0500. The number of para-hydroxylation sites is 1. The molecule has 25 heavy (non-hydrogen) atoms. The highest BCUT2D eigenvalue weighted by atomic mass is 35.5. The topological polar surface area (TPSA) is 60.7 Å². The minimum Gasteiger partial charge on any atom is -0.355 e. The van der Waals surface area contributed by atoms with Gasteiger partial charge in [0.05, 0.1) is 11.0 Å². The highest BCUT2D eigenvalue weighted by molar-refractivity contribution is 6.30. The zero-order valence-electron chi connectivity index (χ0n) is 13.3. The molecule has 5 heteroatoms. The van der Waals surface area contributed by atoms with Gasteiger partial charge in [0.15, 0.2) is 0 Å². The number of rotatable bonds is 4. The van der Waals surface area contributed by atoms with Crippen LogP contribution in [0.4, 0.5) is 11.4 Å². The number of halogens is 1. The minimum absolute atomic E-state index is 0.204. The molecule has 0 radical (unpaired) electrons. The van der Waals surface area contributed by atoms with Crippen molar-refractivity contribution in [2.24, 2.45) is 0 Å². The van der Waals surface area contributed by atoms with Gasteiger partial charge in [0.1, 0.15) is 0 Å². The van der Waals surface area contributed by atoms with E-state index in [1.807, 2.05) is 66.7 Å². The number of H-pyrrole nitrogens is 2. The van der Waals surface area contributed by atoms with Gasteiger partial charge in [-0.15, -0.1) is 0 Å². The molecule has 1 aromatic heterocycles. The van der Waals surface area contributed by atoms with Gasteiger partial charge >= 0.3 is 5.69 Å². The number of aromatic amines is 2. The van der Waals surface area contributed by atoms with Crippen molar-refractivity contribution in [2.45, 2.75) is 6.42 Å². The Morgan fingerprint density at radius 3 is 2.28 bits per heavy atom. The number of hydrogen-bond acceptors (Lipinski definition) is 2. The molecular formula is C20H16ClN3O. The Hall–Kier alpha value is -2.98. The van der Waals surface area contributed by atoms with Crippen LogP contribution in [0.5, 0.6) is 0 Å². The number of hydrogen-bond donors (Lipinski definition) is 3. The first-order chi connectivity index (χ1) is 12.2. The third-order valence-corrected chi connectivity index (χ3v) is 4.35. The maximum Gasteiger partial charge on any atom is 0.323 e. The number of aromatic nitrogens is 2. The highest BCUT2D eigenvalue weighted by Crippen LogP contribution is 2.27. The van der Waals surface area contributed by atoms with Gasteiger partial charge in [0.2, 0.25) is 0 Å². The summed E-state index contributed by atoms with van der Waals surface area (Å²) in [6.07, 6.45) is 0.732. The van der Waals surface area contributed by atoms with Crippen LogP contribution >= 0.6 is 11.6 Å². The lowest BCUT2D eigenvalue weighted by Crippen LogP contribution is -1.99. The van der Waals surface area contributed by atoms with Gasteiger partial charge in [-0.25, -0.2) is 4.79 Å². The number of imidazole rings is 1.